The second-order valence-corrected chi connectivity index (χ2v) is 4.90. The van der Waals surface area contributed by atoms with Gasteiger partial charge < -0.3 is 15.4 Å². The van der Waals surface area contributed by atoms with Gasteiger partial charge in [0.15, 0.2) is 5.96 Å². The standard InChI is InChI=1S/C17H20N4O3/c1-18-17(19-11-12-24-15-8-3-2-4-9-15)20-13-14-7-5-6-10-16(14)21(22)23/h2-10H,11-13H2,1H3,(H2,18,19,20). The highest BCUT2D eigenvalue weighted by Crippen LogP contribution is 2.16. The van der Waals surface area contributed by atoms with Gasteiger partial charge in [-0.2, -0.15) is 0 Å². The summed E-state index contributed by atoms with van der Waals surface area (Å²) in [5.74, 6) is 1.37. The first-order chi connectivity index (χ1) is 11.7. The summed E-state index contributed by atoms with van der Waals surface area (Å²) in [5, 5.41) is 17.2. The zero-order chi connectivity index (χ0) is 17.2. The summed E-state index contributed by atoms with van der Waals surface area (Å²) in [4.78, 5) is 14.7. The fraction of sp³-hybridized carbons (Fsp3) is 0.235. The van der Waals surface area contributed by atoms with E-state index in [1.165, 1.54) is 6.07 Å². The van der Waals surface area contributed by atoms with E-state index in [-0.39, 0.29) is 10.6 Å². The Labute approximate surface area is 140 Å². The van der Waals surface area contributed by atoms with Gasteiger partial charge in [0.05, 0.1) is 11.5 Å². The molecule has 0 aliphatic carbocycles. The van der Waals surface area contributed by atoms with Crippen LogP contribution in [0.25, 0.3) is 0 Å². The van der Waals surface area contributed by atoms with E-state index in [0.717, 1.165) is 5.75 Å². The number of ether oxygens (including phenoxy) is 1. The van der Waals surface area contributed by atoms with E-state index in [0.29, 0.717) is 31.2 Å². The molecule has 7 nitrogen and oxygen atoms in total. The molecule has 2 rings (SSSR count). The minimum absolute atomic E-state index is 0.0906. The molecular formula is C17H20N4O3. The van der Waals surface area contributed by atoms with Crippen molar-refractivity contribution in [3.8, 4) is 5.75 Å². The summed E-state index contributed by atoms with van der Waals surface area (Å²) < 4.78 is 5.58. The zero-order valence-corrected chi connectivity index (χ0v) is 13.4. The van der Waals surface area contributed by atoms with E-state index >= 15 is 0 Å². The molecule has 0 aliphatic heterocycles. The molecule has 126 valence electrons. The SMILES string of the molecule is CN=C(NCCOc1ccccc1)NCc1ccccc1[N+](=O)[O-]. The molecule has 0 saturated heterocycles. The van der Waals surface area contributed by atoms with Gasteiger partial charge >= 0.3 is 0 Å². The Morgan fingerprint density at radius 2 is 1.83 bits per heavy atom. The van der Waals surface area contributed by atoms with E-state index in [4.69, 9.17) is 4.74 Å². The average molecular weight is 328 g/mol. The van der Waals surface area contributed by atoms with Crippen LogP contribution in [0.2, 0.25) is 0 Å². The van der Waals surface area contributed by atoms with Crippen LogP contribution in [0.4, 0.5) is 5.69 Å². The topological polar surface area (TPSA) is 88.8 Å². The largest absolute Gasteiger partial charge is 0.492 e. The maximum Gasteiger partial charge on any atom is 0.274 e. The third kappa shape index (κ3) is 5.28. The third-order valence-electron chi connectivity index (χ3n) is 3.26. The monoisotopic (exact) mass is 328 g/mol. The summed E-state index contributed by atoms with van der Waals surface area (Å²) in [6.45, 7) is 1.36. The second-order valence-electron chi connectivity index (χ2n) is 4.90. The maximum atomic E-state index is 11.0. The lowest BCUT2D eigenvalue weighted by atomic mass is 10.2. The van der Waals surface area contributed by atoms with E-state index < -0.39 is 0 Å². The Morgan fingerprint density at radius 3 is 2.54 bits per heavy atom. The van der Waals surface area contributed by atoms with Crippen LogP contribution < -0.4 is 15.4 Å². The quantitative estimate of drug-likeness (QED) is 0.268. The number of aliphatic imine (C=N–C) groups is 1. The molecule has 2 aromatic carbocycles. The fourth-order valence-electron chi connectivity index (χ4n) is 2.09. The van der Waals surface area contributed by atoms with E-state index in [1.807, 2.05) is 30.3 Å². The summed E-state index contributed by atoms with van der Waals surface area (Å²) in [6, 6.07) is 16.2. The van der Waals surface area contributed by atoms with Gasteiger partial charge in [-0.1, -0.05) is 36.4 Å². The van der Waals surface area contributed by atoms with Gasteiger partial charge in [-0.25, -0.2) is 0 Å². The van der Waals surface area contributed by atoms with Crippen molar-refractivity contribution in [3.63, 3.8) is 0 Å². The van der Waals surface area contributed by atoms with Gasteiger partial charge in [0.25, 0.3) is 5.69 Å². The Hall–Kier alpha value is -3.09. The summed E-state index contributed by atoms with van der Waals surface area (Å²) in [7, 11) is 1.65. The number of benzene rings is 2. The van der Waals surface area contributed by atoms with Crippen LogP contribution in [0.15, 0.2) is 59.6 Å². The molecule has 0 heterocycles. The zero-order valence-electron chi connectivity index (χ0n) is 13.4. The van der Waals surface area contributed by atoms with Crippen molar-refractivity contribution >= 4 is 11.6 Å². The molecule has 2 N–H and O–H groups in total. The lowest BCUT2D eigenvalue weighted by Crippen LogP contribution is -2.39. The number of nitrogens with zero attached hydrogens (tertiary/aromatic N) is 2. The Kier molecular flexibility index (Phi) is 6.58. The second kappa shape index (κ2) is 9.14. The lowest BCUT2D eigenvalue weighted by Gasteiger charge is -2.12. The van der Waals surface area contributed by atoms with Gasteiger partial charge in [0, 0.05) is 25.2 Å². The first-order valence-corrected chi connectivity index (χ1v) is 7.55. The van der Waals surface area contributed by atoms with Crippen molar-refractivity contribution < 1.29 is 9.66 Å². The van der Waals surface area contributed by atoms with Crippen LogP contribution in [0, 0.1) is 10.1 Å². The van der Waals surface area contributed by atoms with Crippen molar-refractivity contribution in [2.75, 3.05) is 20.2 Å². The van der Waals surface area contributed by atoms with Crippen LogP contribution in [0.1, 0.15) is 5.56 Å². The van der Waals surface area contributed by atoms with Gasteiger partial charge in [0.2, 0.25) is 0 Å². The van der Waals surface area contributed by atoms with E-state index in [1.54, 1.807) is 25.2 Å². The van der Waals surface area contributed by atoms with Crippen molar-refractivity contribution in [3.05, 3.63) is 70.3 Å². The summed E-state index contributed by atoms with van der Waals surface area (Å²) in [6.07, 6.45) is 0. The first kappa shape index (κ1) is 17.3. The van der Waals surface area contributed by atoms with Crippen LogP contribution in [0.3, 0.4) is 0 Å². The molecule has 24 heavy (non-hydrogen) atoms. The number of guanidine groups is 1. The lowest BCUT2D eigenvalue weighted by molar-refractivity contribution is -0.385. The predicted octanol–water partition coefficient (Wildman–Crippen LogP) is 2.34. The Balaban J connectivity index is 1.78. The molecule has 0 radical (unpaired) electrons. The molecule has 0 bridgehead atoms. The van der Waals surface area contributed by atoms with Crippen LogP contribution in [-0.4, -0.2) is 31.1 Å². The number of para-hydroxylation sites is 2. The molecule has 0 atom stereocenters. The van der Waals surface area contributed by atoms with Gasteiger partial charge in [0.1, 0.15) is 12.4 Å². The van der Waals surface area contributed by atoms with Crippen LogP contribution in [-0.2, 0) is 6.54 Å². The molecule has 0 unspecified atom stereocenters. The van der Waals surface area contributed by atoms with Gasteiger partial charge in [-0.05, 0) is 12.1 Å². The predicted molar refractivity (Wildman–Crippen MR) is 93.2 cm³/mol. The molecule has 0 saturated carbocycles. The molecular weight excluding hydrogens is 308 g/mol. The number of hydrogen-bond acceptors (Lipinski definition) is 4. The summed E-state index contributed by atoms with van der Waals surface area (Å²) in [5.41, 5.74) is 0.693. The fourth-order valence-corrected chi connectivity index (χ4v) is 2.09. The maximum absolute atomic E-state index is 11.0. The smallest absolute Gasteiger partial charge is 0.274 e. The van der Waals surface area contributed by atoms with E-state index in [2.05, 4.69) is 15.6 Å². The van der Waals surface area contributed by atoms with Crippen molar-refractivity contribution in [2.45, 2.75) is 6.54 Å². The van der Waals surface area contributed by atoms with Gasteiger partial charge in [-0.15, -0.1) is 0 Å². The Morgan fingerprint density at radius 1 is 1.12 bits per heavy atom. The van der Waals surface area contributed by atoms with Crippen molar-refractivity contribution in [1.82, 2.24) is 10.6 Å². The first-order valence-electron chi connectivity index (χ1n) is 7.55. The van der Waals surface area contributed by atoms with E-state index in [9.17, 15) is 10.1 Å². The minimum atomic E-state index is -0.388. The number of rotatable bonds is 7. The number of nitrogens with one attached hydrogen (secondary N) is 2. The summed E-state index contributed by atoms with van der Waals surface area (Å²) >= 11 is 0. The normalized spacial score (nSPS) is 11.0. The minimum Gasteiger partial charge on any atom is -0.492 e. The third-order valence-corrected chi connectivity index (χ3v) is 3.26. The van der Waals surface area contributed by atoms with Crippen LogP contribution in [0.5, 0.6) is 5.75 Å². The molecule has 0 fully saturated rings. The number of hydrogen-bond donors (Lipinski definition) is 2. The van der Waals surface area contributed by atoms with Crippen molar-refractivity contribution in [1.29, 1.82) is 0 Å². The molecule has 0 aromatic heterocycles. The van der Waals surface area contributed by atoms with Crippen LogP contribution >= 0.6 is 0 Å². The highest BCUT2D eigenvalue weighted by Gasteiger charge is 2.12. The number of nitro benzene ring substituents is 1. The average Bonchev–Trinajstić information content (AvgIpc) is 2.62. The Bertz CT molecular complexity index is 689. The molecule has 0 amide bonds. The van der Waals surface area contributed by atoms with Crippen molar-refractivity contribution in [2.24, 2.45) is 4.99 Å². The molecule has 2 aromatic rings. The molecule has 0 aliphatic rings. The molecule has 0 spiro atoms. The number of nitro groups is 1. The highest BCUT2D eigenvalue weighted by molar-refractivity contribution is 5.79. The highest BCUT2D eigenvalue weighted by atomic mass is 16.6. The van der Waals surface area contributed by atoms with Gasteiger partial charge in [-0.3, -0.25) is 15.1 Å². The molecule has 7 heteroatoms.